The maximum absolute atomic E-state index is 12.6. The Morgan fingerprint density at radius 1 is 1.17 bits per heavy atom. The van der Waals surface area contributed by atoms with Gasteiger partial charge in [-0.15, -0.1) is 11.8 Å². The zero-order chi connectivity index (χ0) is 21.4. The Balaban J connectivity index is 1.41. The lowest BCUT2D eigenvalue weighted by Gasteiger charge is -2.26. The summed E-state index contributed by atoms with van der Waals surface area (Å²) in [5, 5.41) is 3.38. The smallest absolute Gasteiger partial charge is 0.243 e. The summed E-state index contributed by atoms with van der Waals surface area (Å²) in [5.41, 5.74) is 0.553. The topological polar surface area (TPSA) is 84.9 Å². The maximum atomic E-state index is 12.6. The highest BCUT2D eigenvalue weighted by molar-refractivity contribution is 7.99. The van der Waals surface area contributed by atoms with Crippen LogP contribution in [0, 0.1) is 0 Å². The third-order valence-corrected chi connectivity index (χ3v) is 7.34. The lowest BCUT2D eigenvalue weighted by atomic mass is 10.3. The molecule has 1 heterocycles. The molecule has 1 aliphatic heterocycles. The summed E-state index contributed by atoms with van der Waals surface area (Å²) in [6, 6.07) is 13.4. The number of thioether (sulfide) groups is 1. The van der Waals surface area contributed by atoms with Crippen molar-refractivity contribution in [1.82, 2.24) is 4.31 Å². The van der Waals surface area contributed by atoms with Gasteiger partial charge in [0.25, 0.3) is 0 Å². The van der Waals surface area contributed by atoms with E-state index in [1.54, 1.807) is 24.3 Å². The Hall–Kier alpha value is -1.78. The first-order valence-corrected chi connectivity index (χ1v) is 12.4. The van der Waals surface area contributed by atoms with Crippen molar-refractivity contribution in [1.29, 1.82) is 0 Å². The second-order valence-corrected chi connectivity index (χ2v) is 9.93. The molecule has 1 N–H and O–H groups in total. The van der Waals surface area contributed by atoms with Crippen LogP contribution in [-0.2, 0) is 19.6 Å². The van der Waals surface area contributed by atoms with Gasteiger partial charge in [-0.1, -0.05) is 17.7 Å². The van der Waals surface area contributed by atoms with Crippen molar-refractivity contribution in [2.24, 2.45) is 0 Å². The van der Waals surface area contributed by atoms with Gasteiger partial charge in [0.05, 0.1) is 30.5 Å². The van der Waals surface area contributed by atoms with Gasteiger partial charge in [-0.2, -0.15) is 4.31 Å². The van der Waals surface area contributed by atoms with Gasteiger partial charge in [-0.05, 0) is 42.5 Å². The van der Waals surface area contributed by atoms with E-state index in [9.17, 15) is 13.2 Å². The fraction of sp³-hybridized carbons (Fsp3) is 0.350. The Kier molecular flexibility index (Phi) is 8.41. The molecule has 0 radical (unpaired) electrons. The average molecular weight is 471 g/mol. The fourth-order valence-electron chi connectivity index (χ4n) is 2.78. The van der Waals surface area contributed by atoms with Crippen LogP contribution in [0.3, 0.4) is 0 Å². The molecule has 30 heavy (non-hydrogen) atoms. The SMILES string of the molecule is O=C(CSCCOc1cccc(Cl)c1)Nc1ccc(S(=O)(=O)N2CCOCC2)cc1. The molecule has 1 fully saturated rings. The number of hydrogen-bond acceptors (Lipinski definition) is 6. The maximum Gasteiger partial charge on any atom is 0.243 e. The number of rotatable bonds is 9. The van der Waals surface area contributed by atoms with E-state index in [1.165, 1.54) is 28.2 Å². The molecule has 2 aromatic carbocycles. The van der Waals surface area contributed by atoms with Crippen molar-refractivity contribution in [2.75, 3.05) is 49.7 Å². The number of nitrogens with one attached hydrogen (secondary N) is 1. The van der Waals surface area contributed by atoms with Crippen molar-refractivity contribution in [2.45, 2.75) is 4.90 Å². The number of sulfonamides is 1. The molecule has 0 aliphatic carbocycles. The van der Waals surface area contributed by atoms with E-state index >= 15 is 0 Å². The molecule has 0 atom stereocenters. The summed E-state index contributed by atoms with van der Waals surface area (Å²) in [6.45, 7) is 1.95. The van der Waals surface area contributed by atoms with E-state index < -0.39 is 10.0 Å². The number of morpholine rings is 1. The number of hydrogen-bond donors (Lipinski definition) is 1. The van der Waals surface area contributed by atoms with Gasteiger partial charge in [-0.25, -0.2) is 8.42 Å². The number of ether oxygens (including phenoxy) is 2. The first-order chi connectivity index (χ1) is 14.4. The van der Waals surface area contributed by atoms with E-state index in [2.05, 4.69) is 5.32 Å². The minimum Gasteiger partial charge on any atom is -0.493 e. The summed E-state index contributed by atoms with van der Waals surface area (Å²) < 4.78 is 37.4. The number of carbonyl (C=O) groups excluding carboxylic acids is 1. The highest BCUT2D eigenvalue weighted by Gasteiger charge is 2.26. The third-order valence-electron chi connectivity index (χ3n) is 4.27. The molecule has 0 unspecified atom stereocenters. The van der Waals surface area contributed by atoms with Gasteiger partial charge in [-0.3, -0.25) is 4.79 Å². The lowest BCUT2D eigenvalue weighted by Crippen LogP contribution is -2.40. The summed E-state index contributed by atoms with van der Waals surface area (Å²) in [7, 11) is -3.54. The molecule has 0 bridgehead atoms. The van der Waals surface area contributed by atoms with Gasteiger partial charge in [0, 0.05) is 29.6 Å². The van der Waals surface area contributed by atoms with E-state index in [0.29, 0.717) is 55.1 Å². The van der Waals surface area contributed by atoms with Crippen LogP contribution in [0.25, 0.3) is 0 Å². The molecule has 1 saturated heterocycles. The highest BCUT2D eigenvalue weighted by Crippen LogP contribution is 2.20. The second kappa shape index (κ2) is 11.0. The van der Waals surface area contributed by atoms with Crippen molar-refractivity contribution in [3.8, 4) is 5.75 Å². The number of benzene rings is 2. The number of anilines is 1. The summed E-state index contributed by atoms with van der Waals surface area (Å²) in [4.78, 5) is 12.3. The Labute approximate surface area is 185 Å². The number of carbonyl (C=O) groups is 1. The van der Waals surface area contributed by atoms with Crippen LogP contribution >= 0.6 is 23.4 Å². The monoisotopic (exact) mass is 470 g/mol. The molecule has 0 aromatic heterocycles. The van der Waals surface area contributed by atoms with Crippen molar-refractivity contribution in [3.63, 3.8) is 0 Å². The fourth-order valence-corrected chi connectivity index (χ4v) is 4.97. The zero-order valence-corrected chi connectivity index (χ0v) is 18.6. The molecule has 0 spiro atoms. The third kappa shape index (κ3) is 6.61. The van der Waals surface area contributed by atoms with Gasteiger partial charge >= 0.3 is 0 Å². The normalized spacial score (nSPS) is 15.0. The molecule has 0 saturated carbocycles. The Morgan fingerprint density at radius 2 is 1.90 bits per heavy atom. The first kappa shape index (κ1) is 22.9. The summed E-state index contributed by atoms with van der Waals surface area (Å²) in [5.74, 6) is 1.45. The molecule has 2 aromatic rings. The molecule has 1 aliphatic rings. The standard InChI is InChI=1S/C20H23ClN2O5S2/c21-16-2-1-3-18(14-16)28-12-13-29-15-20(24)22-17-4-6-19(7-5-17)30(25,26)23-8-10-27-11-9-23/h1-7,14H,8-13,15H2,(H,22,24). The van der Waals surface area contributed by atoms with Crippen LogP contribution in [0.4, 0.5) is 5.69 Å². The predicted octanol–water partition coefficient (Wildman–Crippen LogP) is 3.11. The predicted molar refractivity (Wildman–Crippen MR) is 119 cm³/mol. The van der Waals surface area contributed by atoms with E-state index in [-0.39, 0.29) is 16.6 Å². The molecular formula is C20H23ClN2O5S2. The van der Waals surface area contributed by atoms with Gasteiger partial charge in [0.1, 0.15) is 5.75 Å². The zero-order valence-electron chi connectivity index (χ0n) is 16.3. The summed E-state index contributed by atoms with van der Waals surface area (Å²) in [6.07, 6.45) is 0. The lowest BCUT2D eigenvalue weighted by molar-refractivity contribution is -0.113. The van der Waals surface area contributed by atoms with Gasteiger partial charge in [0.2, 0.25) is 15.9 Å². The van der Waals surface area contributed by atoms with Gasteiger partial charge < -0.3 is 14.8 Å². The van der Waals surface area contributed by atoms with E-state index in [0.717, 1.165) is 0 Å². The number of amides is 1. The molecule has 7 nitrogen and oxygen atoms in total. The molecule has 1 amide bonds. The van der Waals surface area contributed by atoms with E-state index in [4.69, 9.17) is 21.1 Å². The van der Waals surface area contributed by atoms with Crippen molar-refractivity contribution in [3.05, 3.63) is 53.6 Å². The molecule has 10 heteroatoms. The van der Waals surface area contributed by atoms with Crippen LogP contribution in [0.1, 0.15) is 0 Å². The molecule has 162 valence electrons. The second-order valence-electron chi connectivity index (χ2n) is 6.45. The van der Waals surface area contributed by atoms with Crippen LogP contribution < -0.4 is 10.1 Å². The molecular weight excluding hydrogens is 448 g/mol. The number of nitrogens with zero attached hydrogens (tertiary/aromatic N) is 1. The number of halogens is 1. The van der Waals surface area contributed by atoms with Crippen LogP contribution in [-0.4, -0.2) is 63.0 Å². The highest BCUT2D eigenvalue weighted by atomic mass is 35.5. The largest absolute Gasteiger partial charge is 0.493 e. The first-order valence-electron chi connectivity index (χ1n) is 9.39. The van der Waals surface area contributed by atoms with E-state index in [1.807, 2.05) is 12.1 Å². The van der Waals surface area contributed by atoms with Crippen LogP contribution in [0.15, 0.2) is 53.4 Å². The van der Waals surface area contributed by atoms with Crippen molar-refractivity contribution >= 4 is 45.0 Å². The average Bonchev–Trinajstić information content (AvgIpc) is 2.74. The minimum absolute atomic E-state index is 0.161. The Bertz CT molecular complexity index is 948. The molecule has 3 rings (SSSR count). The quantitative estimate of drug-likeness (QED) is 0.567. The van der Waals surface area contributed by atoms with Crippen molar-refractivity contribution < 1.29 is 22.7 Å². The van der Waals surface area contributed by atoms with Gasteiger partial charge in [0.15, 0.2) is 0 Å². The van der Waals surface area contributed by atoms with Crippen LogP contribution in [0.2, 0.25) is 5.02 Å². The van der Waals surface area contributed by atoms with Crippen LogP contribution in [0.5, 0.6) is 5.75 Å². The Morgan fingerprint density at radius 3 is 2.60 bits per heavy atom. The minimum atomic E-state index is -3.54. The summed E-state index contributed by atoms with van der Waals surface area (Å²) >= 11 is 7.34.